The minimum absolute atomic E-state index is 0.0755. The molecule has 1 saturated heterocycles. The first-order chi connectivity index (χ1) is 13.6. The van der Waals surface area contributed by atoms with E-state index < -0.39 is 0 Å². The molecule has 0 unspecified atom stereocenters. The number of hydrogen-bond acceptors (Lipinski definition) is 4. The van der Waals surface area contributed by atoms with Gasteiger partial charge in [0.05, 0.1) is 12.2 Å². The van der Waals surface area contributed by atoms with Crippen LogP contribution in [0, 0.1) is 5.92 Å². The second kappa shape index (κ2) is 7.88. The summed E-state index contributed by atoms with van der Waals surface area (Å²) in [6.07, 6.45) is 6.08. The molecule has 0 bridgehead atoms. The van der Waals surface area contributed by atoms with Gasteiger partial charge < -0.3 is 20.0 Å². The number of furan rings is 1. The Kier molecular flexibility index (Phi) is 5.14. The van der Waals surface area contributed by atoms with E-state index in [0.29, 0.717) is 24.0 Å². The topological polar surface area (TPSA) is 91.7 Å². The summed E-state index contributed by atoms with van der Waals surface area (Å²) in [4.78, 5) is 38.9. The van der Waals surface area contributed by atoms with E-state index in [1.807, 2.05) is 4.90 Å². The van der Waals surface area contributed by atoms with Crippen molar-refractivity contribution >= 4 is 29.1 Å². The number of likely N-dealkylation sites (tertiary alicyclic amines) is 1. The zero-order valence-electron chi connectivity index (χ0n) is 15.5. The van der Waals surface area contributed by atoms with Gasteiger partial charge in [-0.05, 0) is 43.2 Å². The molecule has 28 heavy (non-hydrogen) atoms. The largest absolute Gasteiger partial charge is 0.459 e. The second-order valence-corrected chi connectivity index (χ2v) is 7.39. The van der Waals surface area contributed by atoms with Crippen molar-refractivity contribution in [2.45, 2.75) is 38.1 Å². The predicted octanol–water partition coefficient (Wildman–Crippen LogP) is 3.26. The van der Waals surface area contributed by atoms with E-state index in [9.17, 15) is 14.4 Å². The third kappa shape index (κ3) is 3.93. The molecular weight excluding hydrogens is 358 g/mol. The maximum atomic E-state index is 12.6. The van der Waals surface area contributed by atoms with Crippen molar-refractivity contribution in [1.29, 1.82) is 0 Å². The number of amides is 3. The molecule has 7 nitrogen and oxygen atoms in total. The first-order valence-electron chi connectivity index (χ1n) is 9.65. The van der Waals surface area contributed by atoms with Gasteiger partial charge in [-0.3, -0.25) is 14.4 Å². The summed E-state index contributed by atoms with van der Waals surface area (Å²) in [6.45, 7) is 0.490. The van der Waals surface area contributed by atoms with E-state index in [4.69, 9.17) is 4.42 Å². The number of carbonyl (C=O) groups is 3. The normalized spacial score (nSPS) is 19.8. The molecule has 2 aromatic rings. The van der Waals surface area contributed by atoms with Crippen molar-refractivity contribution in [3.05, 3.63) is 48.4 Å². The molecule has 1 aromatic heterocycles. The van der Waals surface area contributed by atoms with Gasteiger partial charge in [0, 0.05) is 30.4 Å². The molecular formula is C21H23N3O4. The van der Waals surface area contributed by atoms with Crippen molar-refractivity contribution in [3.63, 3.8) is 0 Å². The van der Waals surface area contributed by atoms with E-state index in [1.165, 1.54) is 6.26 Å². The third-order valence-electron chi connectivity index (χ3n) is 5.43. The maximum Gasteiger partial charge on any atom is 0.291 e. The van der Waals surface area contributed by atoms with Crippen LogP contribution in [0.25, 0.3) is 0 Å². The predicted molar refractivity (Wildman–Crippen MR) is 104 cm³/mol. The van der Waals surface area contributed by atoms with Crippen LogP contribution in [-0.2, 0) is 9.59 Å². The number of rotatable bonds is 5. The highest BCUT2D eigenvalue weighted by molar-refractivity contribution is 6.03. The molecule has 7 heteroatoms. The van der Waals surface area contributed by atoms with Crippen molar-refractivity contribution in [2.75, 3.05) is 17.2 Å². The van der Waals surface area contributed by atoms with Crippen LogP contribution in [0.5, 0.6) is 0 Å². The molecule has 2 aliphatic rings. The molecule has 4 rings (SSSR count). The van der Waals surface area contributed by atoms with E-state index in [0.717, 1.165) is 25.7 Å². The maximum absolute atomic E-state index is 12.6. The number of nitrogens with one attached hydrogen (secondary N) is 2. The van der Waals surface area contributed by atoms with Gasteiger partial charge in [-0.1, -0.05) is 18.9 Å². The van der Waals surface area contributed by atoms with E-state index in [2.05, 4.69) is 10.6 Å². The zero-order valence-corrected chi connectivity index (χ0v) is 15.5. The Morgan fingerprint density at radius 3 is 2.50 bits per heavy atom. The number of benzene rings is 1. The van der Waals surface area contributed by atoms with Crippen LogP contribution in [0.15, 0.2) is 47.1 Å². The number of anilines is 2. The number of nitrogens with zero attached hydrogens (tertiary/aromatic N) is 1. The lowest BCUT2D eigenvalue weighted by Gasteiger charge is -2.23. The fraction of sp³-hybridized carbons (Fsp3) is 0.381. The summed E-state index contributed by atoms with van der Waals surface area (Å²) >= 11 is 0. The van der Waals surface area contributed by atoms with Gasteiger partial charge in [-0.2, -0.15) is 0 Å². The van der Waals surface area contributed by atoms with Crippen molar-refractivity contribution < 1.29 is 18.8 Å². The van der Waals surface area contributed by atoms with Crippen LogP contribution >= 0.6 is 0 Å². The Labute approximate surface area is 163 Å². The van der Waals surface area contributed by atoms with Crippen LogP contribution < -0.4 is 10.6 Å². The summed E-state index contributed by atoms with van der Waals surface area (Å²) < 4.78 is 5.07. The molecule has 1 atom stereocenters. The molecule has 0 spiro atoms. The van der Waals surface area contributed by atoms with Gasteiger partial charge in [0.15, 0.2) is 5.76 Å². The molecule has 1 aromatic carbocycles. The Morgan fingerprint density at radius 2 is 1.79 bits per heavy atom. The highest BCUT2D eigenvalue weighted by atomic mass is 16.3. The SMILES string of the molecule is O=C(Nc1cccc(NC(=O)[C@@H]2CC(=O)N(C3CCCC3)C2)c1)c1ccco1. The monoisotopic (exact) mass is 381 g/mol. The molecule has 2 N–H and O–H groups in total. The number of hydrogen-bond donors (Lipinski definition) is 2. The lowest BCUT2D eigenvalue weighted by molar-refractivity contribution is -0.129. The quantitative estimate of drug-likeness (QED) is 0.832. The Balaban J connectivity index is 1.37. The molecule has 2 heterocycles. The summed E-state index contributed by atoms with van der Waals surface area (Å²) in [5.41, 5.74) is 1.13. The molecule has 1 aliphatic heterocycles. The van der Waals surface area contributed by atoms with E-state index in [1.54, 1.807) is 36.4 Å². The zero-order chi connectivity index (χ0) is 19.5. The van der Waals surface area contributed by atoms with E-state index >= 15 is 0 Å². The summed E-state index contributed by atoms with van der Waals surface area (Å²) in [7, 11) is 0. The highest BCUT2D eigenvalue weighted by Gasteiger charge is 2.38. The Hall–Kier alpha value is -3.09. The molecule has 0 radical (unpaired) electrons. The molecule has 146 valence electrons. The molecule has 2 fully saturated rings. The Bertz CT molecular complexity index is 872. The average molecular weight is 381 g/mol. The van der Waals surface area contributed by atoms with Crippen LogP contribution in [0.1, 0.15) is 42.7 Å². The van der Waals surface area contributed by atoms with Gasteiger partial charge in [0.1, 0.15) is 0 Å². The average Bonchev–Trinajstić information content (AvgIpc) is 3.43. The molecule has 1 saturated carbocycles. The molecule has 3 amide bonds. The van der Waals surface area contributed by atoms with Crippen molar-refractivity contribution in [2.24, 2.45) is 5.92 Å². The van der Waals surface area contributed by atoms with Gasteiger partial charge in [-0.25, -0.2) is 0 Å². The van der Waals surface area contributed by atoms with Gasteiger partial charge in [0.2, 0.25) is 11.8 Å². The fourth-order valence-electron chi connectivity index (χ4n) is 4.00. The first-order valence-corrected chi connectivity index (χ1v) is 9.65. The lowest BCUT2D eigenvalue weighted by atomic mass is 10.1. The van der Waals surface area contributed by atoms with Gasteiger partial charge >= 0.3 is 0 Å². The van der Waals surface area contributed by atoms with Crippen LogP contribution in [-0.4, -0.2) is 35.2 Å². The standard InChI is InChI=1S/C21H23N3O4/c25-19-11-14(13-24(19)17-7-1-2-8-17)20(26)22-15-5-3-6-16(12-15)23-21(27)18-9-4-10-28-18/h3-6,9-10,12,14,17H,1-2,7-8,11,13H2,(H,22,26)(H,23,27)/t14-/m1/s1. The summed E-state index contributed by atoms with van der Waals surface area (Å²) in [5.74, 6) is -0.572. The van der Waals surface area contributed by atoms with Crippen LogP contribution in [0.4, 0.5) is 11.4 Å². The molecule has 1 aliphatic carbocycles. The minimum Gasteiger partial charge on any atom is -0.459 e. The number of carbonyl (C=O) groups excluding carboxylic acids is 3. The first kappa shape index (κ1) is 18.3. The fourth-order valence-corrected chi connectivity index (χ4v) is 4.00. The lowest BCUT2D eigenvalue weighted by Crippen LogP contribution is -2.35. The van der Waals surface area contributed by atoms with Gasteiger partial charge in [-0.15, -0.1) is 0 Å². The summed E-state index contributed by atoms with van der Waals surface area (Å²) in [6, 6.07) is 10.4. The third-order valence-corrected chi connectivity index (χ3v) is 5.43. The highest BCUT2D eigenvalue weighted by Crippen LogP contribution is 2.30. The van der Waals surface area contributed by atoms with Crippen molar-refractivity contribution in [1.82, 2.24) is 4.90 Å². The van der Waals surface area contributed by atoms with Crippen LogP contribution in [0.3, 0.4) is 0 Å². The Morgan fingerprint density at radius 1 is 1.04 bits per heavy atom. The second-order valence-electron chi connectivity index (χ2n) is 7.39. The van der Waals surface area contributed by atoms with Crippen molar-refractivity contribution in [3.8, 4) is 0 Å². The van der Waals surface area contributed by atoms with Gasteiger partial charge in [0.25, 0.3) is 5.91 Å². The van der Waals surface area contributed by atoms with E-state index in [-0.39, 0.29) is 35.8 Å². The minimum atomic E-state index is -0.359. The smallest absolute Gasteiger partial charge is 0.291 e. The summed E-state index contributed by atoms with van der Waals surface area (Å²) in [5, 5.41) is 5.60. The van der Waals surface area contributed by atoms with Crippen LogP contribution in [0.2, 0.25) is 0 Å².